The summed E-state index contributed by atoms with van der Waals surface area (Å²) in [4.78, 5) is 16.3. The van der Waals surface area contributed by atoms with Crippen molar-refractivity contribution in [2.75, 3.05) is 16.5 Å². The molecular weight excluding hydrogens is 1020 g/mol. The Hall–Kier alpha value is -4.28. The molecule has 0 saturated carbocycles. The molecule has 8 aromatic carbocycles. The van der Waals surface area contributed by atoms with Crippen molar-refractivity contribution < 1.29 is 31.5 Å². The first-order valence-corrected chi connectivity index (χ1v) is 23.9. The number of hydrogen-bond donors (Lipinski definition) is 2. The number of ether oxygens (including phenoxy) is 1. The Morgan fingerprint density at radius 3 is 1.71 bits per heavy atom. The summed E-state index contributed by atoms with van der Waals surface area (Å²) in [5.41, 5.74) is 3.81. The maximum absolute atomic E-state index is 12.3. The molecule has 1 heterocycles. The molecule has 0 aliphatic heterocycles. The van der Waals surface area contributed by atoms with Gasteiger partial charge in [0.2, 0.25) is 0 Å². The van der Waals surface area contributed by atoms with Crippen LogP contribution in [0, 0.1) is 0 Å². The first kappa shape index (κ1) is 44.8. The SMILES string of the molecule is CI.CI.Clc1ccc2c3ccccc3c3occ(-c4ccccc4)c3c2c1.O=C(COc1cc2cc(Cl)ccc2c2ccccc12)c1ccccc1.O=S(=O)(O)O. The number of carbonyl (C=O) groups is 1. The minimum atomic E-state index is -4.67. The van der Waals surface area contributed by atoms with E-state index in [4.69, 9.17) is 49.9 Å². The highest BCUT2D eigenvalue weighted by Crippen LogP contribution is 2.42. The van der Waals surface area contributed by atoms with Gasteiger partial charge in [0.1, 0.15) is 11.3 Å². The van der Waals surface area contributed by atoms with Crippen LogP contribution in [0.4, 0.5) is 0 Å². The molecule has 58 heavy (non-hydrogen) atoms. The van der Waals surface area contributed by atoms with E-state index in [-0.39, 0.29) is 12.4 Å². The molecule has 12 heteroatoms. The molecule has 0 bridgehead atoms. The fourth-order valence-corrected chi connectivity index (χ4v) is 6.90. The van der Waals surface area contributed by atoms with Gasteiger partial charge in [0, 0.05) is 37.3 Å². The number of halogens is 4. The summed E-state index contributed by atoms with van der Waals surface area (Å²) in [6.07, 6.45) is 1.85. The molecule has 0 saturated heterocycles. The molecule has 9 rings (SSSR count). The Kier molecular flexibility index (Phi) is 16.3. The molecule has 1 aromatic heterocycles. The van der Waals surface area contributed by atoms with Crippen LogP contribution in [0.3, 0.4) is 0 Å². The van der Waals surface area contributed by atoms with Gasteiger partial charge < -0.3 is 9.15 Å². The van der Waals surface area contributed by atoms with Crippen molar-refractivity contribution in [2.24, 2.45) is 0 Å². The van der Waals surface area contributed by atoms with Gasteiger partial charge in [-0.2, -0.15) is 8.42 Å². The van der Waals surface area contributed by atoms with Crippen LogP contribution in [0.15, 0.2) is 162 Å². The lowest BCUT2D eigenvalue weighted by Gasteiger charge is -2.12. The second kappa shape index (κ2) is 21.1. The lowest BCUT2D eigenvalue weighted by Crippen LogP contribution is -2.11. The van der Waals surface area contributed by atoms with Gasteiger partial charge in [-0.05, 0) is 78.1 Å². The van der Waals surface area contributed by atoms with Crippen molar-refractivity contribution in [1.82, 2.24) is 0 Å². The summed E-state index contributed by atoms with van der Waals surface area (Å²) < 4.78 is 43.5. The molecule has 0 unspecified atom stereocenters. The number of fused-ring (bicyclic) bond motifs is 9. The summed E-state index contributed by atoms with van der Waals surface area (Å²) >= 11 is 16.7. The van der Waals surface area contributed by atoms with Gasteiger partial charge in [-0.25, -0.2) is 0 Å². The maximum Gasteiger partial charge on any atom is 0.394 e. The molecule has 296 valence electrons. The van der Waals surface area contributed by atoms with E-state index in [9.17, 15) is 4.79 Å². The molecule has 0 radical (unpaired) electrons. The fourth-order valence-electron chi connectivity index (χ4n) is 6.55. The van der Waals surface area contributed by atoms with Crippen LogP contribution in [0.2, 0.25) is 10.0 Å². The Morgan fingerprint density at radius 1 is 0.603 bits per heavy atom. The topological polar surface area (TPSA) is 114 Å². The molecule has 0 amide bonds. The molecule has 0 atom stereocenters. The summed E-state index contributed by atoms with van der Waals surface area (Å²) in [7, 11) is -4.67. The zero-order valence-corrected chi connectivity index (χ0v) is 37.7. The molecule has 0 aliphatic carbocycles. The molecule has 0 aliphatic rings. The highest BCUT2D eigenvalue weighted by atomic mass is 127. The zero-order valence-electron chi connectivity index (χ0n) is 31.1. The van der Waals surface area contributed by atoms with E-state index in [1.165, 1.54) is 10.8 Å². The van der Waals surface area contributed by atoms with Gasteiger partial charge in [-0.3, -0.25) is 13.9 Å². The summed E-state index contributed by atoms with van der Waals surface area (Å²) in [5.74, 6) is 0.644. The maximum atomic E-state index is 12.3. The normalized spacial score (nSPS) is 10.7. The number of furan rings is 1. The minimum Gasteiger partial charge on any atom is -0.485 e. The largest absolute Gasteiger partial charge is 0.485 e. The fraction of sp³-hybridized carbons (Fsp3) is 0.0652. The Labute approximate surface area is 373 Å². The van der Waals surface area contributed by atoms with Gasteiger partial charge in [-0.1, -0.05) is 190 Å². The Morgan fingerprint density at radius 2 is 1.09 bits per heavy atom. The molecule has 0 fully saturated rings. The van der Waals surface area contributed by atoms with Gasteiger partial charge >= 0.3 is 10.4 Å². The highest BCUT2D eigenvalue weighted by Gasteiger charge is 2.16. The summed E-state index contributed by atoms with van der Waals surface area (Å²) in [6, 6.07) is 49.7. The third kappa shape index (κ3) is 11.1. The van der Waals surface area contributed by atoms with Crippen LogP contribution in [0.1, 0.15) is 10.4 Å². The van der Waals surface area contributed by atoms with Crippen molar-refractivity contribution in [1.29, 1.82) is 0 Å². The van der Waals surface area contributed by atoms with Crippen molar-refractivity contribution >= 4 is 139 Å². The third-order valence-corrected chi connectivity index (χ3v) is 9.30. The predicted octanol–water partition coefficient (Wildman–Crippen LogP) is 14.4. The number of benzene rings is 8. The van der Waals surface area contributed by atoms with E-state index in [0.717, 1.165) is 59.4 Å². The average molecular weight is 1060 g/mol. The molecule has 9 aromatic rings. The van der Waals surface area contributed by atoms with E-state index in [0.29, 0.717) is 16.3 Å². The van der Waals surface area contributed by atoms with Crippen LogP contribution >= 0.6 is 68.4 Å². The second-order valence-corrected chi connectivity index (χ2v) is 14.0. The number of Topliss-reactive ketones (excluding diaryl/α,β-unsaturated/α-hetero) is 1. The number of carbonyl (C=O) groups excluding carboxylic acids is 1. The van der Waals surface area contributed by atoms with Crippen molar-refractivity contribution in [3.05, 3.63) is 174 Å². The van der Waals surface area contributed by atoms with Gasteiger partial charge in [0.05, 0.1) is 6.26 Å². The summed E-state index contributed by atoms with van der Waals surface area (Å²) in [6.45, 7) is 0.0000794. The van der Waals surface area contributed by atoms with Crippen LogP contribution in [0.25, 0.3) is 65.2 Å². The quantitative estimate of drug-likeness (QED) is 0.0580. The van der Waals surface area contributed by atoms with Crippen molar-refractivity contribution in [3.8, 4) is 16.9 Å². The highest BCUT2D eigenvalue weighted by molar-refractivity contribution is 14.1. The Bertz CT molecular complexity index is 2920. The van der Waals surface area contributed by atoms with Crippen LogP contribution < -0.4 is 4.74 Å². The second-order valence-electron chi connectivity index (χ2n) is 12.3. The first-order valence-electron chi connectivity index (χ1n) is 17.4. The lowest BCUT2D eigenvalue weighted by atomic mass is 9.95. The lowest BCUT2D eigenvalue weighted by molar-refractivity contribution is 0.0922. The monoisotopic (exact) mass is 1060 g/mol. The van der Waals surface area contributed by atoms with Crippen LogP contribution in [0.5, 0.6) is 5.75 Å². The molecule has 2 N–H and O–H groups in total. The van der Waals surface area contributed by atoms with Crippen molar-refractivity contribution in [2.45, 2.75) is 0 Å². The van der Waals surface area contributed by atoms with Crippen LogP contribution in [-0.2, 0) is 10.4 Å². The van der Waals surface area contributed by atoms with E-state index >= 15 is 0 Å². The van der Waals surface area contributed by atoms with E-state index < -0.39 is 10.4 Å². The zero-order chi connectivity index (χ0) is 41.8. The smallest absolute Gasteiger partial charge is 0.394 e. The van der Waals surface area contributed by atoms with Crippen LogP contribution in [-0.4, -0.2) is 39.8 Å². The van der Waals surface area contributed by atoms with Gasteiger partial charge in [0.15, 0.2) is 12.4 Å². The van der Waals surface area contributed by atoms with Gasteiger partial charge in [0.25, 0.3) is 0 Å². The van der Waals surface area contributed by atoms with Gasteiger partial charge in [-0.15, -0.1) is 0 Å². The minimum absolute atomic E-state index is 0.0000794. The first-order chi connectivity index (χ1) is 28.0. The number of alkyl halides is 2. The predicted molar refractivity (Wildman–Crippen MR) is 258 cm³/mol. The molecule has 7 nitrogen and oxygen atoms in total. The standard InChI is InChI=1S/C22H15ClO2.C22H13ClO.2CH3I.H2O4S/c23-17-10-11-18-16(12-17)13-22(20-9-5-4-8-19(18)20)25-14-21(24)15-6-2-1-3-7-15;23-15-10-11-17-16-8-4-5-9-18(16)22-21(19(17)12-15)20(13-24-22)14-6-2-1-3-7-14;2*1-2;1-5(2,3)4/h1-13H,14H2;1-13H;2*1H3;(H2,1,2,3,4). The Balaban J connectivity index is 0.000000184. The van der Waals surface area contributed by atoms with E-state index in [2.05, 4.69) is 87.6 Å². The number of rotatable bonds is 5. The van der Waals surface area contributed by atoms with Crippen molar-refractivity contribution in [3.63, 3.8) is 0 Å². The number of ketones is 1. The molecular formula is C46H36Cl2I2O7S. The average Bonchev–Trinajstić information content (AvgIpc) is 3.70. The van der Waals surface area contributed by atoms with E-state index in [1.807, 2.05) is 113 Å². The van der Waals surface area contributed by atoms with E-state index in [1.54, 1.807) is 12.1 Å². The third-order valence-electron chi connectivity index (χ3n) is 8.83. The molecule has 0 spiro atoms. The number of hydrogen-bond acceptors (Lipinski definition) is 5. The summed E-state index contributed by atoms with van der Waals surface area (Å²) in [5, 5.41) is 11.3.